The molecule has 0 unspecified atom stereocenters. The van der Waals surface area contributed by atoms with Gasteiger partial charge in [0.15, 0.2) is 0 Å². The van der Waals surface area contributed by atoms with Crippen molar-refractivity contribution in [2.45, 2.75) is 51.0 Å². The Labute approximate surface area is 182 Å². The standard InChI is InChI=1S/C25H26N4O2/c1-17-3-5-21(13-18(17)2)29-12-9-19(15-29)24(31)28-20-4-6-23(27-14-20)25(16-26)10-7-22(30)8-11-25/h3-6,9,12-15,22,30H,7-8,10-11H2,1-2H3,(H,28,31). The third-order valence-electron chi connectivity index (χ3n) is 6.28. The van der Waals surface area contributed by atoms with Gasteiger partial charge in [-0.3, -0.25) is 9.78 Å². The van der Waals surface area contributed by atoms with Crippen molar-refractivity contribution in [1.29, 1.82) is 5.26 Å². The summed E-state index contributed by atoms with van der Waals surface area (Å²) in [6.07, 6.45) is 7.32. The number of aliphatic hydroxyl groups excluding tert-OH is 1. The van der Waals surface area contributed by atoms with E-state index in [4.69, 9.17) is 0 Å². The number of hydrogen-bond donors (Lipinski definition) is 2. The summed E-state index contributed by atoms with van der Waals surface area (Å²) in [5, 5.41) is 22.4. The minimum atomic E-state index is -0.662. The minimum absolute atomic E-state index is 0.215. The molecule has 158 valence electrons. The Balaban J connectivity index is 1.46. The number of rotatable bonds is 4. The maximum Gasteiger partial charge on any atom is 0.257 e. The number of carbonyl (C=O) groups is 1. The Morgan fingerprint density at radius 2 is 1.97 bits per heavy atom. The highest BCUT2D eigenvalue weighted by molar-refractivity contribution is 6.04. The summed E-state index contributed by atoms with van der Waals surface area (Å²) >= 11 is 0. The van der Waals surface area contributed by atoms with Crippen LogP contribution < -0.4 is 5.32 Å². The first-order valence-corrected chi connectivity index (χ1v) is 10.5. The molecule has 0 aliphatic heterocycles. The molecule has 1 aromatic carbocycles. The van der Waals surface area contributed by atoms with Gasteiger partial charge in [-0.1, -0.05) is 6.07 Å². The van der Waals surface area contributed by atoms with Crippen LogP contribution in [0, 0.1) is 25.2 Å². The Bertz CT molecular complexity index is 1130. The number of aliphatic hydroxyl groups is 1. The van der Waals surface area contributed by atoms with Gasteiger partial charge in [-0.25, -0.2) is 0 Å². The molecular weight excluding hydrogens is 388 g/mol. The van der Waals surface area contributed by atoms with Gasteiger partial charge >= 0.3 is 0 Å². The molecule has 0 bridgehead atoms. The Morgan fingerprint density at radius 3 is 2.61 bits per heavy atom. The quantitative estimate of drug-likeness (QED) is 0.660. The Morgan fingerprint density at radius 1 is 1.19 bits per heavy atom. The van der Waals surface area contributed by atoms with Crippen LogP contribution in [-0.4, -0.2) is 26.7 Å². The highest BCUT2D eigenvalue weighted by atomic mass is 16.3. The van der Waals surface area contributed by atoms with E-state index in [2.05, 4.69) is 42.4 Å². The molecule has 1 aliphatic carbocycles. The second-order valence-corrected chi connectivity index (χ2v) is 8.39. The van der Waals surface area contributed by atoms with Gasteiger partial charge in [-0.15, -0.1) is 0 Å². The molecule has 1 fully saturated rings. The van der Waals surface area contributed by atoms with Crippen LogP contribution in [-0.2, 0) is 5.41 Å². The number of carbonyl (C=O) groups excluding carboxylic acids is 1. The summed E-state index contributed by atoms with van der Waals surface area (Å²) in [5.74, 6) is -0.215. The Kier molecular flexibility index (Phi) is 5.62. The summed E-state index contributed by atoms with van der Waals surface area (Å²) in [6, 6.07) is 14.0. The fourth-order valence-corrected chi connectivity index (χ4v) is 4.05. The molecule has 6 heteroatoms. The van der Waals surface area contributed by atoms with Crippen molar-refractivity contribution in [2.75, 3.05) is 5.32 Å². The van der Waals surface area contributed by atoms with Crippen molar-refractivity contribution < 1.29 is 9.90 Å². The number of aryl methyl sites for hydroxylation is 2. The van der Waals surface area contributed by atoms with Gasteiger partial charge in [0, 0.05) is 18.1 Å². The first-order chi connectivity index (χ1) is 14.9. The summed E-state index contributed by atoms with van der Waals surface area (Å²) in [7, 11) is 0. The number of nitrogens with zero attached hydrogens (tertiary/aromatic N) is 3. The summed E-state index contributed by atoms with van der Waals surface area (Å²) in [5.41, 5.74) is 4.60. The van der Waals surface area contributed by atoms with Crippen LogP contribution in [0.1, 0.15) is 52.9 Å². The third kappa shape index (κ3) is 4.23. The van der Waals surface area contributed by atoms with Crippen LogP contribution in [0.25, 0.3) is 5.69 Å². The molecule has 0 atom stereocenters. The van der Waals surface area contributed by atoms with E-state index in [1.807, 2.05) is 16.8 Å². The monoisotopic (exact) mass is 414 g/mol. The topological polar surface area (TPSA) is 90.9 Å². The summed E-state index contributed by atoms with van der Waals surface area (Å²) < 4.78 is 1.93. The fraction of sp³-hybridized carbons (Fsp3) is 0.320. The van der Waals surface area contributed by atoms with E-state index in [-0.39, 0.29) is 12.0 Å². The number of nitriles is 1. The van der Waals surface area contributed by atoms with Crippen LogP contribution in [0.5, 0.6) is 0 Å². The second kappa shape index (κ2) is 8.37. The van der Waals surface area contributed by atoms with Crippen molar-refractivity contribution in [3.8, 4) is 11.8 Å². The molecule has 1 amide bonds. The van der Waals surface area contributed by atoms with Gasteiger partial charge in [0.25, 0.3) is 5.91 Å². The van der Waals surface area contributed by atoms with E-state index in [1.54, 1.807) is 30.6 Å². The first-order valence-electron chi connectivity index (χ1n) is 10.5. The zero-order valence-corrected chi connectivity index (χ0v) is 17.8. The SMILES string of the molecule is Cc1ccc(-n2ccc(C(=O)Nc3ccc(C4(C#N)CCC(O)CC4)nc3)c2)cc1C. The summed E-state index contributed by atoms with van der Waals surface area (Å²) in [6.45, 7) is 4.14. The minimum Gasteiger partial charge on any atom is -0.393 e. The summed E-state index contributed by atoms with van der Waals surface area (Å²) in [4.78, 5) is 17.2. The lowest BCUT2D eigenvalue weighted by Crippen LogP contribution is -2.33. The molecule has 3 aromatic rings. The van der Waals surface area contributed by atoms with Crippen molar-refractivity contribution in [3.63, 3.8) is 0 Å². The largest absolute Gasteiger partial charge is 0.393 e. The van der Waals surface area contributed by atoms with Gasteiger partial charge in [0.2, 0.25) is 0 Å². The lowest BCUT2D eigenvalue weighted by atomic mass is 9.72. The van der Waals surface area contributed by atoms with Gasteiger partial charge in [-0.2, -0.15) is 5.26 Å². The molecule has 2 aromatic heterocycles. The normalized spacial score (nSPS) is 20.8. The number of benzene rings is 1. The van der Waals surface area contributed by atoms with Crippen LogP contribution in [0.15, 0.2) is 55.0 Å². The van der Waals surface area contributed by atoms with Gasteiger partial charge < -0.3 is 15.0 Å². The van der Waals surface area contributed by atoms with E-state index < -0.39 is 5.41 Å². The molecule has 6 nitrogen and oxygen atoms in total. The number of hydrogen-bond acceptors (Lipinski definition) is 4. The van der Waals surface area contributed by atoms with E-state index >= 15 is 0 Å². The van der Waals surface area contributed by atoms with Crippen LogP contribution in [0.2, 0.25) is 0 Å². The lowest BCUT2D eigenvalue weighted by Gasteiger charge is -2.32. The maximum atomic E-state index is 12.7. The maximum absolute atomic E-state index is 12.7. The molecule has 2 N–H and O–H groups in total. The van der Waals surface area contributed by atoms with Crippen molar-refractivity contribution in [2.24, 2.45) is 0 Å². The average molecular weight is 415 g/mol. The van der Waals surface area contributed by atoms with Gasteiger partial charge in [-0.05, 0) is 81.0 Å². The van der Waals surface area contributed by atoms with E-state index in [1.165, 1.54) is 11.1 Å². The van der Waals surface area contributed by atoms with E-state index in [0.717, 1.165) is 5.69 Å². The van der Waals surface area contributed by atoms with Gasteiger partial charge in [0.05, 0.1) is 40.7 Å². The molecule has 1 aliphatic rings. The molecule has 0 radical (unpaired) electrons. The second-order valence-electron chi connectivity index (χ2n) is 8.39. The molecule has 0 saturated heterocycles. The van der Waals surface area contributed by atoms with Crippen molar-refractivity contribution >= 4 is 11.6 Å². The highest BCUT2D eigenvalue weighted by Crippen LogP contribution is 2.38. The molecule has 2 heterocycles. The number of anilines is 1. The predicted molar refractivity (Wildman–Crippen MR) is 119 cm³/mol. The van der Waals surface area contributed by atoms with Crippen LogP contribution >= 0.6 is 0 Å². The average Bonchev–Trinajstić information content (AvgIpc) is 3.28. The van der Waals surface area contributed by atoms with E-state index in [9.17, 15) is 15.2 Å². The third-order valence-corrected chi connectivity index (χ3v) is 6.28. The van der Waals surface area contributed by atoms with Crippen LogP contribution in [0.4, 0.5) is 5.69 Å². The number of amides is 1. The molecular formula is C25H26N4O2. The molecule has 0 spiro atoms. The van der Waals surface area contributed by atoms with Crippen molar-refractivity contribution in [3.05, 3.63) is 77.4 Å². The first kappa shape index (κ1) is 20.8. The highest BCUT2D eigenvalue weighted by Gasteiger charge is 2.37. The Hall–Kier alpha value is -3.43. The number of pyridine rings is 1. The molecule has 4 rings (SSSR count). The fourth-order valence-electron chi connectivity index (χ4n) is 4.05. The van der Waals surface area contributed by atoms with Crippen LogP contribution in [0.3, 0.4) is 0 Å². The number of aromatic nitrogens is 2. The zero-order valence-electron chi connectivity index (χ0n) is 17.8. The smallest absolute Gasteiger partial charge is 0.257 e. The molecule has 31 heavy (non-hydrogen) atoms. The molecule has 1 saturated carbocycles. The zero-order chi connectivity index (χ0) is 22.0. The predicted octanol–water partition coefficient (Wildman–Crippen LogP) is 4.44. The number of nitrogens with one attached hydrogen (secondary N) is 1. The lowest BCUT2D eigenvalue weighted by molar-refractivity contribution is 0.102. The van der Waals surface area contributed by atoms with Gasteiger partial charge in [0.1, 0.15) is 0 Å². The van der Waals surface area contributed by atoms with E-state index in [0.29, 0.717) is 42.6 Å². The van der Waals surface area contributed by atoms with Crippen molar-refractivity contribution in [1.82, 2.24) is 9.55 Å².